The zero-order valence-electron chi connectivity index (χ0n) is 12.1. The molecule has 18 heavy (non-hydrogen) atoms. The third kappa shape index (κ3) is 4.78. The second-order valence-electron chi connectivity index (χ2n) is 4.82. The number of nitrogens with zero attached hydrogens (tertiary/aromatic N) is 2. The fourth-order valence-corrected chi connectivity index (χ4v) is 2.01. The molecule has 0 aromatic carbocycles. The topological polar surface area (TPSA) is 39.1 Å². The predicted octanol–water partition coefficient (Wildman–Crippen LogP) is 2.76. The number of methoxy groups -OCH3 is 1. The molecule has 0 saturated carbocycles. The molecule has 1 N–H and O–H groups in total. The molecule has 0 aliphatic rings. The Balaban J connectivity index is 2.39. The van der Waals surface area contributed by atoms with Crippen molar-refractivity contribution in [1.29, 1.82) is 0 Å². The van der Waals surface area contributed by atoms with Crippen LogP contribution in [0.3, 0.4) is 0 Å². The predicted molar refractivity (Wildman–Crippen MR) is 74.6 cm³/mol. The van der Waals surface area contributed by atoms with E-state index in [2.05, 4.69) is 48.1 Å². The highest BCUT2D eigenvalue weighted by molar-refractivity contribution is 4.99. The number of rotatable bonds is 9. The monoisotopic (exact) mass is 253 g/mol. The lowest BCUT2D eigenvalue weighted by atomic mass is 10.2. The van der Waals surface area contributed by atoms with Gasteiger partial charge in [-0.15, -0.1) is 0 Å². The van der Waals surface area contributed by atoms with Crippen molar-refractivity contribution in [1.82, 2.24) is 15.1 Å². The van der Waals surface area contributed by atoms with Crippen molar-refractivity contribution in [2.75, 3.05) is 13.7 Å². The van der Waals surface area contributed by atoms with Gasteiger partial charge in [-0.2, -0.15) is 5.10 Å². The van der Waals surface area contributed by atoms with E-state index >= 15 is 0 Å². The van der Waals surface area contributed by atoms with Gasteiger partial charge in [0, 0.05) is 32.5 Å². The summed E-state index contributed by atoms with van der Waals surface area (Å²) >= 11 is 0. The lowest BCUT2D eigenvalue weighted by Gasteiger charge is -2.13. The molecule has 0 amide bonds. The van der Waals surface area contributed by atoms with E-state index in [1.54, 1.807) is 7.11 Å². The van der Waals surface area contributed by atoms with Gasteiger partial charge in [-0.3, -0.25) is 4.68 Å². The van der Waals surface area contributed by atoms with E-state index < -0.39 is 0 Å². The van der Waals surface area contributed by atoms with E-state index in [0.29, 0.717) is 12.1 Å². The van der Waals surface area contributed by atoms with Crippen LogP contribution in [0.1, 0.15) is 51.8 Å². The summed E-state index contributed by atoms with van der Waals surface area (Å²) in [7, 11) is 1.74. The minimum absolute atomic E-state index is 0.461. The van der Waals surface area contributed by atoms with Crippen molar-refractivity contribution in [3.8, 4) is 0 Å². The summed E-state index contributed by atoms with van der Waals surface area (Å²) in [6.07, 6.45) is 5.39. The van der Waals surface area contributed by atoms with Gasteiger partial charge < -0.3 is 10.1 Å². The largest absolute Gasteiger partial charge is 0.385 e. The summed E-state index contributed by atoms with van der Waals surface area (Å²) in [5.74, 6) is 0. The Hall–Kier alpha value is -0.870. The van der Waals surface area contributed by atoms with Crippen LogP contribution in [0.4, 0.5) is 0 Å². The zero-order valence-corrected chi connectivity index (χ0v) is 12.1. The van der Waals surface area contributed by atoms with Crippen LogP contribution < -0.4 is 5.32 Å². The van der Waals surface area contributed by atoms with Gasteiger partial charge in [0.1, 0.15) is 0 Å². The molecule has 1 aromatic rings. The van der Waals surface area contributed by atoms with E-state index in [9.17, 15) is 0 Å². The average Bonchev–Trinajstić information content (AvgIpc) is 2.84. The van der Waals surface area contributed by atoms with Crippen LogP contribution in [-0.4, -0.2) is 29.5 Å². The summed E-state index contributed by atoms with van der Waals surface area (Å²) in [6, 6.07) is 3.10. The molecule has 1 atom stereocenters. The highest BCUT2D eigenvalue weighted by atomic mass is 16.5. The van der Waals surface area contributed by atoms with Crippen LogP contribution in [0.25, 0.3) is 0 Å². The Morgan fingerprint density at radius 2 is 2.11 bits per heavy atom. The van der Waals surface area contributed by atoms with Crippen molar-refractivity contribution in [3.63, 3.8) is 0 Å². The first kappa shape index (κ1) is 15.2. The first-order valence-electron chi connectivity index (χ1n) is 6.97. The van der Waals surface area contributed by atoms with Crippen LogP contribution in [0.5, 0.6) is 0 Å². The van der Waals surface area contributed by atoms with Gasteiger partial charge in [-0.25, -0.2) is 0 Å². The first-order chi connectivity index (χ1) is 8.71. The molecular formula is C14H27N3O. The van der Waals surface area contributed by atoms with Gasteiger partial charge in [0.25, 0.3) is 0 Å². The molecule has 4 heteroatoms. The van der Waals surface area contributed by atoms with Gasteiger partial charge in [-0.1, -0.05) is 13.8 Å². The Bertz CT molecular complexity index is 321. The average molecular weight is 253 g/mol. The molecule has 0 aliphatic carbocycles. The van der Waals surface area contributed by atoms with Crippen LogP contribution >= 0.6 is 0 Å². The molecule has 1 heterocycles. The van der Waals surface area contributed by atoms with E-state index in [1.165, 1.54) is 0 Å². The molecule has 104 valence electrons. The quantitative estimate of drug-likeness (QED) is 0.735. The van der Waals surface area contributed by atoms with Crippen molar-refractivity contribution < 1.29 is 4.74 Å². The highest BCUT2D eigenvalue weighted by Gasteiger charge is 2.08. The van der Waals surface area contributed by atoms with E-state index in [1.807, 2.05) is 0 Å². The number of hydrogen-bond acceptors (Lipinski definition) is 3. The van der Waals surface area contributed by atoms with Gasteiger partial charge in [-0.05, 0) is 32.3 Å². The summed E-state index contributed by atoms with van der Waals surface area (Å²) < 4.78 is 7.16. The van der Waals surface area contributed by atoms with Crippen LogP contribution in [0, 0.1) is 0 Å². The minimum atomic E-state index is 0.461. The minimum Gasteiger partial charge on any atom is -0.385 e. The van der Waals surface area contributed by atoms with Crippen LogP contribution in [0.2, 0.25) is 0 Å². The van der Waals surface area contributed by atoms with Crippen LogP contribution in [0.15, 0.2) is 12.3 Å². The molecule has 0 radical (unpaired) electrons. The van der Waals surface area contributed by atoms with E-state index in [0.717, 1.165) is 38.1 Å². The molecule has 0 spiro atoms. The molecule has 0 saturated heterocycles. The Kier molecular flexibility index (Phi) is 6.98. The van der Waals surface area contributed by atoms with Crippen LogP contribution in [-0.2, 0) is 11.3 Å². The summed E-state index contributed by atoms with van der Waals surface area (Å²) in [5, 5.41) is 8.09. The van der Waals surface area contributed by atoms with Gasteiger partial charge in [0.05, 0.1) is 11.7 Å². The molecule has 0 fully saturated rings. The summed E-state index contributed by atoms with van der Waals surface area (Å²) in [6.45, 7) is 8.23. The van der Waals surface area contributed by atoms with Gasteiger partial charge in [0.15, 0.2) is 0 Å². The molecule has 4 nitrogen and oxygen atoms in total. The third-order valence-electron chi connectivity index (χ3n) is 3.37. The Morgan fingerprint density at radius 3 is 2.72 bits per heavy atom. The molecule has 1 unspecified atom stereocenters. The fraction of sp³-hybridized carbons (Fsp3) is 0.786. The zero-order chi connectivity index (χ0) is 13.4. The van der Waals surface area contributed by atoms with Gasteiger partial charge >= 0.3 is 0 Å². The normalized spacial score (nSPS) is 13.2. The maximum atomic E-state index is 5.07. The van der Waals surface area contributed by atoms with E-state index in [4.69, 9.17) is 4.74 Å². The second kappa shape index (κ2) is 8.27. The lowest BCUT2D eigenvalue weighted by molar-refractivity contribution is 0.184. The summed E-state index contributed by atoms with van der Waals surface area (Å²) in [4.78, 5) is 0. The molecule has 0 aliphatic heterocycles. The van der Waals surface area contributed by atoms with Crippen molar-refractivity contribution in [2.24, 2.45) is 0 Å². The van der Waals surface area contributed by atoms with E-state index in [-0.39, 0.29) is 0 Å². The van der Waals surface area contributed by atoms with Crippen molar-refractivity contribution in [3.05, 3.63) is 18.0 Å². The number of ether oxygens (including phenoxy) is 1. The number of hydrogen-bond donors (Lipinski definition) is 1. The van der Waals surface area contributed by atoms with Crippen molar-refractivity contribution >= 4 is 0 Å². The third-order valence-corrected chi connectivity index (χ3v) is 3.37. The number of aromatic nitrogens is 2. The maximum Gasteiger partial charge on any atom is 0.0762 e. The standard InChI is InChI=1S/C14H27N3O/c1-5-14(6-2)17-9-7-13(16-17)11-15-12(3)8-10-18-4/h7,9,12,14-15H,5-6,8,10-11H2,1-4H3. The fourth-order valence-electron chi connectivity index (χ4n) is 2.01. The maximum absolute atomic E-state index is 5.07. The summed E-state index contributed by atoms with van der Waals surface area (Å²) in [5.41, 5.74) is 1.12. The SMILES string of the molecule is CCC(CC)n1ccc(CNC(C)CCOC)n1. The molecule has 1 rings (SSSR count). The van der Waals surface area contributed by atoms with Crippen molar-refractivity contribution in [2.45, 2.75) is 58.7 Å². The molecule has 1 aromatic heterocycles. The Labute approximate surface area is 111 Å². The van der Waals surface area contributed by atoms with Gasteiger partial charge in [0.2, 0.25) is 0 Å². The first-order valence-corrected chi connectivity index (χ1v) is 6.97. The Morgan fingerprint density at radius 1 is 1.39 bits per heavy atom. The second-order valence-corrected chi connectivity index (χ2v) is 4.82. The number of nitrogens with one attached hydrogen (secondary N) is 1. The molecule has 0 bridgehead atoms. The highest BCUT2D eigenvalue weighted by Crippen LogP contribution is 2.14. The lowest BCUT2D eigenvalue weighted by Crippen LogP contribution is -2.27. The smallest absolute Gasteiger partial charge is 0.0762 e. The molecular weight excluding hydrogens is 226 g/mol.